The average molecular weight is 277 g/mol. The fraction of sp³-hybridized carbons (Fsp3) is 0.400. The van der Waals surface area contributed by atoms with E-state index in [9.17, 15) is 0 Å². The summed E-state index contributed by atoms with van der Waals surface area (Å²) in [4.78, 5) is 5.63. The van der Waals surface area contributed by atoms with E-state index in [1.54, 1.807) is 0 Å². The molecule has 1 heterocycles. The molecular formula is C15H23N3S. The second-order valence-corrected chi connectivity index (χ2v) is 5.38. The molecule has 2 N–H and O–H groups in total. The molecule has 104 valence electrons. The van der Waals surface area contributed by atoms with E-state index >= 15 is 0 Å². The summed E-state index contributed by atoms with van der Waals surface area (Å²) in [7, 11) is 0. The summed E-state index contributed by atoms with van der Waals surface area (Å²) in [5.74, 6) is 0.954. The van der Waals surface area contributed by atoms with Gasteiger partial charge in [-0.25, -0.2) is 4.98 Å². The lowest BCUT2D eigenvalue weighted by Crippen LogP contribution is -2.00. The van der Waals surface area contributed by atoms with E-state index in [4.69, 9.17) is 5.73 Å². The number of thioether (sulfide) groups is 1. The number of aryl methyl sites for hydroxylation is 2. The fourth-order valence-corrected chi connectivity index (χ4v) is 2.85. The lowest BCUT2D eigenvalue weighted by Gasteiger charge is -2.08. The van der Waals surface area contributed by atoms with Crippen molar-refractivity contribution in [2.45, 2.75) is 44.9 Å². The van der Waals surface area contributed by atoms with E-state index in [2.05, 4.69) is 35.5 Å². The van der Waals surface area contributed by atoms with Crippen molar-refractivity contribution >= 4 is 17.4 Å². The minimum absolute atomic E-state index is 0. The highest BCUT2D eigenvalue weighted by atomic mass is 32.2. The number of anilines is 1. The molecule has 4 heteroatoms. The van der Waals surface area contributed by atoms with Gasteiger partial charge in [-0.2, -0.15) is 0 Å². The van der Waals surface area contributed by atoms with Gasteiger partial charge >= 0.3 is 0 Å². The van der Waals surface area contributed by atoms with Crippen molar-refractivity contribution in [1.82, 2.24) is 9.55 Å². The molecule has 0 bridgehead atoms. The molecule has 0 spiro atoms. The van der Waals surface area contributed by atoms with Crippen LogP contribution in [0.5, 0.6) is 0 Å². The van der Waals surface area contributed by atoms with Crippen LogP contribution in [-0.2, 0) is 12.3 Å². The normalized spacial score (nSPS) is 10.2. The number of aromatic nitrogens is 2. The van der Waals surface area contributed by atoms with Crippen molar-refractivity contribution in [3.8, 4) is 0 Å². The van der Waals surface area contributed by atoms with Crippen molar-refractivity contribution in [3.63, 3.8) is 0 Å². The maximum atomic E-state index is 5.68. The monoisotopic (exact) mass is 277 g/mol. The summed E-state index contributed by atoms with van der Waals surface area (Å²) in [5, 5.41) is 0. The van der Waals surface area contributed by atoms with Gasteiger partial charge in [-0.15, -0.1) is 11.8 Å². The first-order chi connectivity index (χ1) is 8.70. The molecule has 0 atom stereocenters. The number of rotatable bonds is 5. The van der Waals surface area contributed by atoms with Gasteiger partial charge in [0, 0.05) is 22.9 Å². The van der Waals surface area contributed by atoms with Crippen LogP contribution >= 0.6 is 11.8 Å². The highest BCUT2D eigenvalue weighted by molar-refractivity contribution is 7.98. The van der Waals surface area contributed by atoms with E-state index in [1.165, 1.54) is 10.6 Å². The van der Waals surface area contributed by atoms with Crippen LogP contribution < -0.4 is 5.73 Å². The predicted molar refractivity (Wildman–Crippen MR) is 84.4 cm³/mol. The summed E-state index contributed by atoms with van der Waals surface area (Å²) in [6.45, 7) is 5.30. The molecule has 0 fully saturated rings. The molecule has 0 aliphatic rings. The molecular weight excluding hydrogens is 254 g/mol. The maximum absolute atomic E-state index is 5.68. The molecule has 1 aromatic heterocycles. The summed E-state index contributed by atoms with van der Waals surface area (Å²) >= 11 is 1.82. The Bertz CT molecular complexity index is 503. The highest BCUT2D eigenvalue weighted by Crippen LogP contribution is 2.24. The molecule has 19 heavy (non-hydrogen) atoms. The van der Waals surface area contributed by atoms with Gasteiger partial charge in [0.15, 0.2) is 0 Å². The number of nitrogens with two attached hydrogens (primary N) is 1. The third-order valence-corrected chi connectivity index (χ3v) is 3.90. The quantitative estimate of drug-likeness (QED) is 0.660. The van der Waals surface area contributed by atoms with Crippen LogP contribution in [0.2, 0.25) is 0 Å². The van der Waals surface area contributed by atoms with E-state index in [0.29, 0.717) is 0 Å². The maximum Gasteiger partial charge on any atom is 0.0951 e. The van der Waals surface area contributed by atoms with Gasteiger partial charge in [0.05, 0.1) is 17.7 Å². The van der Waals surface area contributed by atoms with Crippen LogP contribution in [0, 0.1) is 6.92 Å². The molecule has 0 unspecified atom stereocenters. The Balaban J connectivity index is 0.00000180. The second kappa shape index (κ2) is 7.24. The van der Waals surface area contributed by atoms with Crippen molar-refractivity contribution in [2.24, 2.45) is 0 Å². The van der Waals surface area contributed by atoms with E-state index < -0.39 is 0 Å². The molecule has 2 aromatic rings. The molecule has 1 aromatic carbocycles. The molecule has 2 rings (SSSR count). The first kappa shape index (κ1) is 15.6. The van der Waals surface area contributed by atoms with Crippen molar-refractivity contribution in [1.29, 1.82) is 0 Å². The third kappa shape index (κ3) is 4.03. The second-order valence-electron chi connectivity index (χ2n) is 4.33. The summed E-state index contributed by atoms with van der Waals surface area (Å²) in [5.41, 5.74) is 8.94. The van der Waals surface area contributed by atoms with Gasteiger partial charge in [-0.05, 0) is 37.6 Å². The van der Waals surface area contributed by atoms with E-state index in [0.717, 1.165) is 30.1 Å². The lowest BCUT2D eigenvalue weighted by atomic mass is 10.3. The Kier molecular flexibility index (Phi) is 5.96. The van der Waals surface area contributed by atoms with Crippen LogP contribution in [-0.4, -0.2) is 9.55 Å². The zero-order valence-corrected chi connectivity index (χ0v) is 11.7. The Labute approximate surface area is 120 Å². The van der Waals surface area contributed by atoms with Gasteiger partial charge in [0.1, 0.15) is 0 Å². The predicted octanol–water partition coefficient (Wildman–Crippen LogP) is 4.11. The molecule has 0 aliphatic heterocycles. The number of imidazole rings is 1. The molecule has 0 aliphatic carbocycles. The fourth-order valence-electron chi connectivity index (χ4n) is 1.85. The Hall–Kier alpha value is -1.42. The van der Waals surface area contributed by atoms with Crippen LogP contribution in [0.25, 0.3) is 0 Å². The van der Waals surface area contributed by atoms with Crippen LogP contribution in [0.3, 0.4) is 0 Å². The highest BCUT2D eigenvalue weighted by Gasteiger charge is 2.07. The smallest absolute Gasteiger partial charge is 0.0951 e. The molecule has 0 saturated heterocycles. The van der Waals surface area contributed by atoms with Gasteiger partial charge in [0.25, 0.3) is 0 Å². The SMILES string of the molecule is C.CCCn1cnc(C)c1CSc1ccc(N)cc1. The zero-order chi connectivity index (χ0) is 13.0. The summed E-state index contributed by atoms with van der Waals surface area (Å²) in [6, 6.07) is 8.02. The number of nitrogens with zero attached hydrogens (tertiary/aromatic N) is 2. The minimum Gasteiger partial charge on any atom is -0.399 e. The van der Waals surface area contributed by atoms with Gasteiger partial charge in [-0.3, -0.25) is 0 Å². The van der Waals surface area contributed by atoms with Gasteiger partial charge in [-0.1, -0.05) is 14.4 Å². The largest absolute Gasteiger partial charge is 0.399 e. The van der Waals surface area contributed by atoms with Crippen LogP contribution in [0.15, 0.2) is 35.5 Å². The molecule has 0 amide bonds. The van der Waals surface area contributed by atoms with Gasteiger partial charge in [0.2, 0.25) is 0 Å². The van der Waals surface area contributed by atoms with Crippen molar-refractivity contribution in [2.75, 3.05) is 5.73 Å². The first-order valence-corrected chi connectivity index (χ1v) is 7.18. The van der Waals surface area contributed by atoms with Crippen molar-refractivity contribution in [3.05, 3.63) is 42.0 Å². The molecule has 0 saturated carbocycles. The lowest BCUT2D eigenvalue weighted by molar-refractivity contribution is 0.658. The number of nitrogen functional groups attached to an aromatic ring is 1. The molecule has 0 radical (unpaired) electrons. The number of hydrogen-bond acceptors (Lipinski definition) is 3. The Morgan fingerprint density at radius 2 is 1.95 bits per heavy atom. The number of hydrogen-bond donors (Lipinski definition) is 1. The Morgan fingerprint density at radius 3 is 2.58 bits per heavy atom. The average Bonchev–Trinajstić information content (AvgIpc) is 2.71. The summed E-state index contributed by atoms with van der Waals surface area (Å²) < 4.78 is 2.25. The van der Waals surface area contributed by atoms with Crippen LogP contribution in [0.1, 0.15) is 32.2 Å². The van der Waals surface area contributed by atoms with Gasteiger partial charge < -0.3 is 10.3 Å². The van der Waals surface area contributed by atoms with E-state index in [-0.39, 0.29) is 7.43 Å². The summed E-state index contributed by atoms with van der Waals surface area (Å²) in [6.07, 6.45) is 3.08. The molecule has 3 nitrogen and oxygen atoms in total. The Morgan fingerprint density at radius 1 is 1.26 bits per heavy atom. The minimum atomic E-state index is 0. The van der Waals surface area contributed by atoms with Crippen LogP contribution in [0.4, 0.5) is 5.69 Å². The van der Waals surface area contributed by atoms with Crippen molar-refractivity contribution < 1.29 is 0 Å². The third-order valence-electron chi connectivity index (χ3n) is 2.88. The standard InChI is InChI=1S/C14H19N3S.CH4/c1-3-8-17-10-16-11(2)14(17)9-18-13-6-4-12(15)5-7-13;/h4-7,10H,3,8-9,15H2,1-2H3;1H4. The zero-order valence-electron chi connectivity index (χ0n) is 10.9. The number of benzene rings is 1. The topological polar surface area (TPSA) is 43.8 Å². The first-order valence-electron chi connectivity index (χ1n) is 6.19. The van der Waals surface area contributed by atoms with E-state index in [1.807, 2.05) is 30.2 Å².